The molecule has 2 amide bonds. The van der Waals surface area contributed by atoms with Crippen molar-refractivity contribution in [2.75, 3.05) is 13.1 Å². The molecule has 27 heavy (non-hydrogen) atoms. The van der Waals surface area contributed by atoms with E-state index in [1.54, 1.807) is 6.92 Å². The summed E-state index contributed by atoms with van der Waals surface area (Å²) < 4.78 is 26.8. The number of amides is 2. The summed E-state index contributed by atoms with van der Waals surface area (Å²) in [5.41, 5.74) is -0.206. The standard InChI is InChI=1S/C19H24F2N2O4/c1-3-11(2)16(19(26)27)22-17(24)12-6-8-23(9-7-12)18(25)14-5-4-13(20)10-15(14)21/h4-5,10-12,16H,3,6-9H2,1-2H3,(H,22,24)(H,26,27). The fraction of sp³-hybridized carbons (Fsp3) is 0.526. The number of hydrogen-bond donors (Lipinski definition) is 2. The van der Waals surface area contributed by atoms with Crippen molar-refractivity contribution in [1.29, 1.82) is 0 Å². The summed E-state index contributed by atoms with van der Waals surface area (Å²) in [5.74, 6) is -4.24. The molecule has 148 valence electrons. The van der Waals surface area contributed by atoms with Crippen LogP contribution in [-0.2, 0) is 9.59 Å². The number of nitrogens with one attached hydrogen (secondary N) is 1. The summed E-state index contributed by atoms with van der Waals surface area (Å²) in [5, 5.41) is 11.9. The van der Waals surface area contributed by atoms with Crippen molar-refractivity contribution in [2.24, 2.45) is 11.8 Å². The van der Waals surface area contributed by atoms with Crippen molar-refractivity contribution < 1.29 is 28.3 Å². The van der Waals surface area contributed by atoms with Crippen molar-refractivity contribution in [1.82, 2.24) is 10.2 Å². The quantitative estimate of drug-likeness (QED) is 0.791. The zero-order valence-corrected chi connectivity index (χ0v) is 15.4. The number of carboxylic acids is 1. The number of halogens is 2. The summed E-state index contributed by atoms with van der Waals surface area (Å²) in [6, 6.07) is 1.84. The van der Waals surface area contributed by atoms with E-state index >= 15 is 0 Å². The second-order valence-electron chi connectivity index (χ2n) is 6.90. The van der Waals surface area contributed by atoms with Gasteiger partial charge >= 0.3 is 5.97 Å². The van der Waals surface area contributed by atoms with Gasteiger partial charge in [0.05, 0.1) is 5.56 Å². The predicted octanol–water partition coefficient (Wildman–Crippen LogP) is 2.43. The Balaban J connectivity index is 1.95. The molecule has 1 fully saturated rings. The van der Waals surface area contributed by atoms with E-state index in [2.05, 4.69) is 5.32 Å². The molecule has 8 heteroatoms. The first-order chi connectivity index (χ1) is 12.7. The van der Waals surface area contributed by atoms with Crippen molar-refractivity contribution in [3.05, 3.63) is 35.4 Å². The minimum absolute atomic E-state index is 0.199. The molecule has 0 spiro atoms. The van der Waals surface area contributed by atoms with E-state index in [4.69, 9.17) is 0 Å². The lowest BCUT2D eigenvalue weighted by Gasteiger charge is -2.32. The summed E-state index contributed by atoms with van der Waals surface area (Å²) in [6.07, 6.45) is 1.33. The van der Waals surface area contributed by atoms with Crippen LogP contribution in [0.3, 0.4) is 0 Å². The Hall–Kier alpha value is -2.51. The Morgan fingerprint density at radius 1 is 1.26 bits per heavy atom. The third-order valence-electron chi connectivity index (χ3n) is 5.09. The van der Waals surface area contributed by atoms with Gasteiger partial charge in [0, 0.05) is 25.1 Å². The van der Waals surface area contributed by atoms with Gasteiger partial charge in [-0.2, -0.15) is 0 Å². The highest BCUT2D eigenvalue weighted by atomic mass is 19.1. The van der Waals surface area contributed by atoms with Crippen molar-refractivity contribution in [2.45, 2.75) is 39.2 Å². The fourth-order valence-corrected chi connectivity index (χ4v) is 3.13. The first-order valence-electron chi connectivity index (χ1n) is 9.02. The van der Waals surface area contributed by atoms with Gasteiger partial charge in [0.25, 0.3) is 5.91 Å². The van der Waals surface area contributed by atoms with E-state index in [1.807, 2.05) is 6.92 Å². The fourth-order valence-electron chi connectivity index (χ4n) is 3.13. The molecular weight excluding hydrogens is 358 g/mol. The van der Waals surface area contributed by atoms with Crippen LogP contribution in [-0.4, -0.2) is 46.9 Å². The molecule has 0 saturated carbocycles. The summed E-state index contributed by atoms with van der Waals surface area (Å²) in [6.45, 7) is 4.10. The van der Waals surface area contributed by atoms with Crippen molar-refractivity contribution in [3.8, 4) is 0 Å². The zero-order chi connectivity index (χ0) is 20.1. The number of carbonyl (C=O) groups excluding carboxylic acids is 2. The lowest BCUT2D eigenvalue weighted by molar-refractivity contribution is -0.144. The first-order valence-corrected chi connectivity index (χ1v) is 9.02. The van der Waals surface area contributed by atoms with Crippen LogP contribution in [0, 0.1) is 23.5 Å². The highest BCUT2D eigenvalue weighted by Crippen LogP contribution is 2.21. The van der Waals surface area contributed by atoms with Gasteiger partial charge in [-0.3, -0.25) is 9.59 Å². The lowest BCUT2D eigenvalue weighted by atomic mass is 9.93. The lowest BCUT2D eigenvalue weighted by Crippen LogP contribution is -2.49. The third-order valence-corrected chi connectivity index (χ3v) is 5.09. The highest BCUT2D eigenvalue weighted by Gasteiger charge is 2.32. The van der Waals surface area contributed by atoms with E-state index in [1.165, 1.54) is 4.90 Å². The number of piperidine rings is 1. The van der Waals surface area contributed by atoms with Gasteiger partial charge in [-0.05, 0) is 30.9 Å². The molecule has 2 unspecified atom stereocenters. The van der Waals surface area contributed by atoms with Gasteiger partial charge in [-0.1, -0.05) is 20.3 Å². The van der Waals surface area contributed by atoms with E-state index in [0.29, 0.717) is 25.3 Å². The average Bonchev–Trinajstić information content (AvgIpc) is 2.64. The number of rotatable bonds is 6. The van der Waals surface area contributed by atoms with Crippen LogP contribution in [0.1, 0.15) is 43.5 Å². The van der Waals surface area contributed by atoms with Gasteiger partial charge in [0.1, 0.15) is 17.7 Å². The molecule has 2 rings (SSSR count). The van der Waals surface area contributed by atoms with Crippen LogP contribution in [0.5, 0.6) is 0 Å². The normalized spacial score (nSPS) is 17.3. The van der Waals surface area contributed by atoms with Gasteiger partial charge in [-0.15, -0.1) is 0 Å². The Morgan fingerprint density at radius 3 is 2.41 bits per heavy atom. The average molecular weight is 382 g/mol. The third kappa shape index (κ3) is 5.02. The number of carbonyl (C=O) groups is 3. The molecule has 2 atom stereocenters. The summed E-state index contributed by atoms with van der Waals surface area (Å²) >= 11 is 0. The molecule has 1 aromatic carbocycles. The Labute approximate surface area is 156 Å². The maximum atomic E-state index is 13.8. The molecule has 0 aromatic heterocycles. The highest BCUT2D eigenvalue weighted by molar-refractivity contribution is 5.94. The Morgan fingerprint density at radius 2 is 1.89 bits per heavy atom. The van der Waals surface area contributed by atoms with Crippen LogP contribution in [0.15, 0.2) is 18.2 Å². The topological polar surface area (TPSA) is 86.7 Å². The van der Waals surface area contributed by atoms with Crippen molar-refractivity contribution >= 4 is 17.8 Å². The Bertz CT molecular complexity index is 718. The van der Waals surface area contributed by atoms with E-state index in [9.17, 15) is 28.3 Å². The molecule has 6 nitrogen and oxygen atoms in total. The number of aliphatic carboxylic acids is 1. The molecule has 1 heterocycles. The molecular formula is C19H24F2N2O4. The largest absolute Gasteiger partial charge is 0.480 e. The number of nitrogens with zero attached hydrogens (tertiary/aromatic N) is 1. The maximum Gasteiger partial charge on any atom is 0.326 e. The van der Waals surface area contributed by atoms with E-state index < -0.39 is 35.5 Å². The SMILES string of the molecule is CCC(C)C(NC(=O)C1CCN(C(=O)c2ccc(F)cc2F)CC1)C(=O)O. The predicted molar refractivity (Wildman–Crippen MR) is 94.0 cm³/mol. The van der Waals surface area contributed by atoms with Crippen LogP contribution in [0.2, 0.25) is 0 Å². The second kappa shape index (κ2) is 8.92. The van der Waals surface area contributed by atoms with Gasteiger partial charge in [-0.25, -0.2) is 13.6 Å². The molecule has 1 saturated heterocycles. The molecule has 1 aliphatic heterocycles. The number of hydrogen-bond acceptors (Lipinski definition) is 3. The van der Waals surface area contributed by atoms with Gasteiger partial charge < -0.3 is 15.3 Å². The molecule has 1 aromatic rings. The van der Waals surface area contributed by atoms with Gasteiger partial charge in [0.2, 0.25) is 5.91 Å². The zero-order valence-electron chi connectivity index (χ0n) is 15.4. The smallest absolute Gasteiger partial charge is 0.326 e. The van der Waals surface area contributed by atoms with Crippen LogP contribution < -0.4 is 5.32 Å². The number of likely N-dealkylation sites (tertiary alicyclic amines) is 1. The van der Waals surface area contributed by atoms with E-state index in [0.717, 1.165) is 12.1 Å². The maximum absolute atomic E-state index is 13.8. The minimum atomic E-state index is -1.07. The first kappa shape index (κ1) is 20.8. The van der Waals surface area contributed by atoms with Crippen molar-refractivity contribution in [3.63, 3.8) is 0 Å². The van der Waals surface area contributed by atoms with Crippen LogP contribution >= 0.6 is 0 Å². The monoisotopic (exact) mass is 382 g/mol. The summed E-state index contributed by atoms with van der Waals surface area (Å²) in [4.78, 5) is 37.5. The van der Waals surface area contributed by atoms with Crippen LogP contribution in [0.4, 0.5) is 8.78 Å². The minimum Gasteiger partial charge on any atom is -0.480 e. The van der Waals surface area contributed by atoms with Crippen LogP contribution in [0.25, 0.3) is 0 Å². The molecule has 0 aliphatic carbocycles. The van der Waals surface area contributed by atoms with Gasteiger partial charge in [0.15, 0.2) is 0 Å². The second-order valence-corrected chi connectivity index (χ2v) is 6.90. The molecule has 2 N–H and O–H groups in total. The number of carboxylic acid groups (broad SMARTS) is 1. The van der Waals surface area contributed by atoms with E-state index in [-0.39, 0.29) is 30.5 Å². The molecule has 1 aliphatic rings. The Kier molecular flexibility index (Phi) is 6.87. The molecule has 0 radical (unpaired) electrons. The molecule has 0 bridgehead atoms. The summed E-state index contributed by atoms with van der Waals surface area (Å²) in [7, 11) is 0. The number of benzene rings is 1.